The lowest BCUT2D eigenvalue weighted by molar-refractivity contribution is -0.222. The molecule has 0 unspecified atom stereocenters. The molecule has 11 nitrogen and oxygen atoms in total. The van der Waals surface area contributed by atoms with Gasteiger partial charge in [0.05, 0.1) is 18.2 Å². The van der Waals surface area contributed by atoms with Gasteiger partial charge in [-0.15, -0.1) is 0 Å². The predicted octanol–water partition coefficient (Wildman–Crippen LogP) is 3.42. The fourth-order valence-electron chi connectivity index (χ4n) is 5.26. The summed E-state index contributed by atoms with van der Waals surface area (Å²) in [5.74, 6) is -1.71. The smallest absolute Gasteiger partial charge is 0.255 e. The van der Waals surface area contributed by atoms with Crippen LogP contribution in [0.4, 0.5) is 0 Å². The SMILES string of the molecule is C[C@H](NC(=O)c1ccccc1Oc1ccccc1)C(=O)N[C@H](CC(N)=O)[C@H]1O[C@@H]2OC(C)(C)O[C@@H]2[C@H]1OCc1ccccc1. The number of hydrogen-bond acceptors (Lipinski definition) is 8. The summed E-state index contributed by atoms with van der Waals surface area (Å²) < 4.78 is 30.4. The average Bonchev–Trinajstić information content (AvgIpc) is 3.48. The molecular weight excluding hydrogens is 566 g/mol. The highest BCUT2D eigenvalue weighted by molar-refractivity contribution is 5.99. The molecule has 232 valence electrons. The van der Waals surface area contributed by atoms with E-state index >= 15 is 0 Å². The Bertz CT molecular complexity index is 1450. The van der Waals surface area contributed by atoms with E-state index < -0.39 is 60.2 Å². The van der Waals surface area contributed by atoms with Gasteiger partial charge in [-0.05, 0) is 50.6 Å². The van der Waals surface area contributed by atoms with Crippen LogP contribution in [0.1, 0.15) is 43.1 Å². The zero-order valence-electron chi connectivity index (χ0n) is 24.8. The van der Waals surface area contributed by atoms with E-state index in [0.717, 1.165) is 5.56 Å². The zero-order valence-corrected chi connectivity index (χ0v) is 24.8. The van der Waals surface area contributed by atoms with E-state index in [1.165, 1.54) is 6.92 Å². The monoisotopic (exact) mass is 603 g/mol. The van der Waals surface area contributed by atoms with Crippen LogP contribution in [0.3, 0.4) is 0 Å². The molecule has 6 atom stereocenters. The number of nitrogens with one attached hydrogen (secondary N) is 2. The van der Waals surface area contributed by atoms with Crippen LogP contribution in [0.25, 0.3) is 0 Å². The molecule has 2 aliphatic rings. The summed E-state index contributed by atoms with van der Waals surface area (Å²) in [4.78, 5) is 38.8. The molecule has 0 aliphatic carbocycles. The van der Waals surface area contributed by atoms with Crippen LogP contribution < -0.4 is 21.1 Å². The number of benzene rings is 3. The minimum atomic E-state index is -0.987. The topological polar surface area (TPSA) is 147 Å². The van der Waals surface area contributed by atoms with E-state index in [0.29, 0.717) is 11.5 Å². The van der Waals surface area contributed by atoms with E-state index in [2.05, 4.69) is 10.6 Å². The van der Waals surface area contributed by atoms with Crippen LogP contribution in [0.5, 0.6) is 11.5 Å². The lowest BCUT2D eigenvalue weighted by Crippen LogP contribution is -2.55. The predicted molar refractivity (Wildman–Crippen MR) is 159 cm³/mol. The van der Waals surface area contributed by atoms with Crippen molar-refractivity contribution in [1.82, 2.24) is 10.6 Å². The summed E-state index contributed by atoms with van der Waals surface area (Å²) in [6.07, 6.45) is -3.15. The Balaban J connectivity index is 1.28. The lowest BCUT2D eigenvalue weighted by Gasteiger charge is -2.31. The Morgan fingerprint density at radius 3 is 2.27 bits per heavy atom. The minimum absolute atomic E-state index is 0.237. The van der Waals surface area contributed by atoms with Crippen LogP contribution in [-0.2, 0) is 35.1 Å². The lowest BCUT2D eigenvalue weighted by atomic mass is 9.99. The van der Waals surface area contributed by atoms with Crippen LogP contribution in [0.2, 0.25) is 0 Å². The molecule has 2 fully saturated rings. The molecule has 44 heavy (non-hydrogen) atoms. The molecule has 0 spiro atoms. The van der Waals surface area contributed by atoms with Crippen molar-refractivity contribution >= 4 is 17.7 Å². The first-order valence-electron chi connectivity index (χ1n) is 14.5. The number of primary amides is 1. The summed E-state index contributed by atoms with van der Waals surface area (Å²) in [6.45, 7) is 5.33. The molecule has 3 amide bonds. The molecule has 5 rings (SSSR count). The van der Waals surface area contributed by atoms with Crippen LogP contribution >= 0.6 is 0 Å². The van der Waals surface area contributed by atoms with E-state index in [1.807, 2.05) is 48.5 Å². The number of ether oxygens (including phenoxy) is 5. The number of para-hydroxylation sites is 2. The molecule has 0 radical (unpaired) electrons. The van der Waals surface area contributed by atoms with Gasteiger partial charge in [0.25, 0.3) is 5.91 Å². The molecule has 2 heterocycles. The summed E-state index contributed by atoms with van der Waals surface area (Å²) in [5, 5.41) is 5.55. The van der Waals surface area contributed by atoms with Gasteiger partial charge in [0.1, 0.15) is 35.9 Å². The Labute approximate surface area is 255 Å². The van der Waals surface area contributed by atoms with Crippen molar-refractivity contribution in [3.05, 3.63) is 96.1 Å². The minimum Gasteiger partial charge on any atom is -0.457 e. The third-order valence-corrected chi connectivity index (χ3v) is 7.30. The number of carbonyl (C=O) groups is 3. The fourth-order valence-corrected chi connectivity index (χ4v) is 5.26. The van der Waals surface area contributed by atoms with Gasteiger partial charge >= 0.3 is 0 Å². The molecule has 0 aromatic heterocycles. The van der Waals surface area contributed by atoms with Crippen molar-refractivity contribution in [1.29, 1.82) is 0 Å². The van der Waals surface area contributed by atoms with Gasteiger partial charge in [-0.1, -0.05) is 60.7 Å². The summed E-state index contributed by atoms with van der Waals surface area (Å²) in [5.41, 5.74) is 6.77. The largest absolute Gasteiger partial charge is 0.457 e. The van der Waals surface area contributed by atoms with Crippen molar-refractivity contribution in [3.63, 3.8) is 0 Å². The second kappa shape index (κ2) is 13.6. The van der Waals surface area contributed by atoms with Crippen molar-refractivity contribution in [2.45, 2.75) is 76.3 Å². The highest BCUT2D eigenvalue weighted by Crippen LogP contribution is 2.40. The Hall–Kier alpha value is -4.29. The first-order valence-corrected chi connectivity index (χ1v) is 14.5. The molecule has 3 aromatic carbocycles. The number of fused-ring (bicyclic) bond motifs is 1. The van der Waals surface area contributed by atoms with Gasteiger partial charge < -0.3 is 40.1 Å². The van der Waals surface area contributed by atoms with Gasteiger partial charge in [-0.2, -0.15) is 0 Å². The summed E-state index contributed by atoms with van der Waals surface area (Å²) >= 11 is 0. The maximum absolute atomic E-state index is 13.4. The average molecular weight is 604 g/mol. The third kappa shape index (κ3) is 7.61. The summed E-state index contributed by atoms with van der Waals surface area (Å²) in [7, 11) is 0. The normalized spacial score (nSPS) is 23.2. The maximum Gasteiger partial charge on any atom is 0.255 e. The zero-order chi connectivity index (χ0) is 31.3. The number of rotatable bonds is 12. The highest BCUT2D eigenvalue weighted by Gasteiger charge is 2.57. The molecule has 4 N–H and O–H groups in total. The Kier molecular flexibility index (Phi) is 9.60. The maximum atomic E-state index is 13.4. The van der Waals surface area contributed by atoms with Gasteiger partial charge in [0.2, 0.25) is 11.8 Å². The molecule has 2 aliphatic heterocycles. The molecule has 2 saturated heterocycles. The van der Waals surface area contributed by atoms with Crippen molar-refractivity contribution in [2.24, 2.45) is 5.73 Å². The van der Waals surface area contributed by atoms with Crippen LogP contribution in [0, 0.1) is 0 Å². The molecule has 11 heteroatoms. The standard InChI is InChI=1S/C33H37N3O8/c1-20(35-31(39)23-16-10-11-17-25(23)41-22-14-8-5-9-15-22)30(38)36-24(18-26(34)37)27-28(40-19-21-12-6-4-7-13-21)29-32(42-27)44-33(2,3)43-29/h4-17,20,24,27-29,32H,18-19H2,1-3H3,(H2,34,37)(H,35,39)(H,36,38)/t20-,24+,27+,28-,29+,32+/m0/s1. The number of hydrogen-bond donors (Lipinski definition) is 3. The van der Waals surface area contributed by atoms with Crippen molar-refractivity contribution in [3.8, 4) is 11.5 Å². The number of nitrogens with two attached hydrogens (primary N) is 1. The number of amides is 3. The van der Waals surface area contributed by atoms with E-state index in [9.17, 15) is 14.4 Å². The van der Waals surface area contributed by atoms with Gasteiger partial charge in [-0.25, -0.2) is 0 Å². The highest BCUT2D eigenvalue weighted by atomic mass is 16.8. The summed E-state index contributed by atoms with van der Waals surface area (Å²) in [6, 6.07) is 23.5. The molecular formula is C33H37N3O8. The van der Waals surface area contributed by atoms with E-state index in [-0.39, 0.29) is 18.6 Å². The quantitative estimate of drug-likeness (QED) is 0.285. The van der Waals surface area contributed by atoms with Crippen molar-refractivity contribution < 1.29 is 38.1 Å². The number of carbonyl (C=O) groups excluding carboxylic acids is 3. The van der Waals surface area contributed by atoms with Gasteiger partial charge in [-0.3, -0.25) is 14.4 Å². The molecule has 3 aromatic rings. The van der Waals surface area contributed by atoms with Crippen LogP contribution in [-0.4, -0.2) is 60.2 Å². The van der Waals surface area contributed by atoms with Gasteiger partial charge in [0, 0.05) is 6.42 Å². The molecule has 0 bridgehead atoms. The molecule has 0 saturated carbocycles. The van der Waals surface area contributed by atoms with E-state index in [4.69, 9.17) is 29.4 Å². The Morgan fingerprint density at radius 1 is 0.909 bits per heavy atom. The second-order valence-corrected chi connectivity index (χ2v) is 11.2. The van der Waals surface area contributed by atoms with Gasteiger partial charge in [0.15, 0.2) is 12.1 Å². The second-order valence-electron chi connectivity index (χ2n) is 11.2. The van der Waals surface area contributed by atoms with Crippen molar-refractivity contribution in [2.75, 3.05) is 0 Å². The first kappa shape index (κ1) is 31.1. The van der Waals surface area contributed by atoms with E-state index in [1.54, 1.807) is 50.2 Å². The Morgan fingerprint density at radius 2 is 1.57 bits per heavy atom. The fraction of sp³-hybridized carbons (Fsp3) is 0.364. The first-order chi connectivity index (χ1) is 21.1. The third-order valence-electron chi connectivity index (χ3n) is 7.30. The van der Waals surface area contributed by atoms with Crippen LogP contribution in [0.15, 0.2) is 84.9 Å².